The standard InChI is InChI=1S/C10H11ClS/c11-10-6-3-5-9(8-10)4-1-2-7-12/h1,3-6,8,12H,2,7H2. The molecule has 0 amide bonds. The molecule has 0 N–H and O–H groups in total. The number of allylic oxidation sites excluding steroid dienone is 1. The zero-order valence-corrected chi connectivity index (χ0v) is 8.35. The van der Waals surface area contributed by atoms with Crippen LogP contribution in [0.1, 0.15) is 12.0 Å². The Morgan fingerprint density at radius 3 is 2.92 bits per heavy atom. The van der Waals surface area contributed by atoms with Gasteiger partial charge >= 0.3 is 0 Å². The minimum absolute atomic E-state index is 0.781. The monoisotopic (exact) mass is 198 g/mol. The summed E-state index contributed by atoms with van der Waals surface area (Å²) in [6, 6.07) is 7.79. The van der Waals surface area contributed by atoms with Gasteiger partial charge in [0.15, 0.2) is 0 Å². The summed E-state index contributed by atoms with van der Waals surface area (Å²) in [7, 11) is 0. The van der Waals surface area contributed by atoms with E-state index in [1.807, 2.05) is 24.3 Å². The molecule has 0 saturated carbocycles. The highest BCUT2D eigenvalue weighted by molar-refractivity contribution is 7.80. The van der Waals surface area contributed by atoms with Crippen LogP contribution < -0.4 is 0 Å². The molecule has 2 heteroatoms. The van der Waals surface area contributed by atoms with Gasteiger partial charge in [-0.25, -0.2) is 0 Å². The Hall–Kier alpha value is -0.400. The van der Waals surface area contributed by atoms with Crippen molar-refractivity contribution in [3.8, 4) is 0 Å². The summed E-state index contributed by atoms with van der Waals surface area (Å²) in [5.41, 5.74) is 1.14. The Morgan fingerprint density at radius 2 is 2.25 bits per heavy atom. The summed E-state index contributed by atoms with van der Waals surface area (Å²) in [5.74, 6) is 0.886. The summed E-state index contributed by atoms with van der Waals surface area (Å²) in [6.07, 6.45) is 5.15. The number of hydrogen-bond acceptors (Lipinski definition) is 1. The topological polar surface area (TPSA) is 0 Å². The molecule has 0 fully saturated rings. The Morgan fingerprint density at radius 1 is 1.42 bits per heavy atom. The van der Waals surface area contributed by atoms with E-state index in [1.165, 1.54) is 0 Å². The SMILES string of the molecule is SCCC=Cc1cccc(Cl)c1. The smallest absolute Gasteiger partial charge is 0.0411 e. The van der Waals surface area contributed by atoms with Crippen LogP contribution in [0.5, 0.6) is 0 Å². The lowest BCUT2D eigenvalue weighted by Gasteiger charge is -1.93. The van der Waals surface area contributed by atoms with Crippen molar-refractivity contribution < 1.29 is 0 Å². The fraction of sp³-hybridized carbons (Fsp3) is 0.200. The lowest BCUT2D eigenvalue weighted by molar-refractivity contribution is 1.26. The summed E-state index contributed by atoms with van der Waals surface area (Å²) in [5, 5.41) is 0.781. The third-order valence-corrected chi connectivity index (χ3v) is 1.95. The van der Waals surface area contributed by atoms with E-state index in [1.54, 1.807) is 0 Å². The van der Waals surface area contributed by atoms with Crippen molar-refractivity contribution in [1.29, 1.82) is 0 Å². The molecule has 0 aliphatic rings. The Labute approximate surface area is 83.7 Å². The maximum Gasteiger partial charge on any atom is 0.0411 e. The summed E-state index contributed by atoms with van der Waals surface area (Å²) >= 11 is 9.92. The van der Waals surface area contributed by atoms with Crippen LogP contribution in [0.15, 0.2) is 30.3 Å². The molecule has 0 radical (unpaired) electrons. The molecule has 64 valence electrons. The Kier molecular flexibility index (Phi) is 4.26. The number of halogens is 1. The fourth-order valence-corrected chi connectivity index (χ4v) is 1.25. The lowest BCUT2D eigenvalue weighted by atomic mass is 10.2. The normalized spacial score (nSPS) is 10.8. The highest BCUT2D eigenvalue weighted by atomic mass is 35.5. The zero-order valence-electron chi connectivity index (χ0n) is 6.70. The van der Waals surface area contributed by atoms with E-state index in [-0.39, 0.29) is 0 Å². The number of rotatable bonds is 3. The molecule has 0 aliphatic carbocycles. The van der Waals surface area contributed by atoms with E-state index in [9.17, 15) is 0 Å². The van der Waals surface area contributed by atoms with Crippen LogP contribution in [0.3, 0.4) is 0 Å². The first kappa shape index (κ1) is 9.69. The average Bonchev–Trinajstić information content (AvgIpc) is 2.05. The molecule has 0 nitrogen and oxygen atoms in total. The molecule has 12 heavy (non-hydrogen) atoms. The first-order chi connectivity index (χ1) is 5.83. The molecule has 0 aliphatic heterocycles. The van der Waals surface area contributed by atoms with Crippen molar-refractivity contribution >= 4 is 30.3 Å². The number of thiol groups is 1. The third kappa shape index (κ3) is 3.33. The molecule has 0 unspecified atom stereocenters. The number of benzene rings is 1. The maximum absolute atomic E-state index is 5.81. The summed E-state index contributed by atoms with van der Waals surface area (Å²) in [4.78, 5) is 0. The second-order valence-corrected chi connectivity index (χ2v) is 3.35. The second-order valence-electron chi connectivity index (χ2n) is 2.47. The van der Waals surface area contributed by atoms with Crippen LogP contribution in [-0.4, -0.2) is 5.75 Å². The van der Waals surface area contributed by atoms with Gasteiger partial charge in [-0.15, -0.1) is 0 Å². The number of hydrogen-bond donors (Lipinski definition) is 1. The molecule has 1 aromatic carbocycles. The van der Waals surface area contributed by atoms with E-state index in [0.717, 1.165) is 22.8 Å². The Bertz CT molecular complexity index is 268. The second kappa shape index (κ2) is 5.28. The predicted octanol–water partition coefficient (Wildman–Crippen LogP) is 3.67. The predicted molar refractivity (Wildman–Crippen MR) is 59.0 cm³/mol. The summed E-state index contributed by atoms with van der Waals surface area (Å²) < 4.78 is 0. The van der Waals surface area contributed by atoms with Crippen LogP contribution in [0, 0.1) is 0 Å². The fourth-order valence-electron chi connectivity index (χ4n) is 0.904. The first-order valence-corrected chi connectivity index (χ1v) is 4.87. The molecule has 0 heterocycles. The Balaban J connectivity index is 2.63. The van der Waals surface area contributed by atoms with Crippen molar-refractivity contribution in [2.75, 3.05) is 5.75 Å². The quantitative estimate of drug-likeness (QED) is 0.704. The van der Waals surface area contributed by atoms with Crippen LogP contribution in [0.2, 0.25) is 5.02 Å². The highest BCUT2D eigenvalue weighted by Gasteiger charge is 1.87. The minimum atomic E-state index is 0.781. The van der Waals surface area contributed by atoms with Gasteiger partial charge in [-0.1, -0.05) is 35.9 Å². The zero-order chi connectivity index (χ0) is 8.81. The van der Waals surface area contributed by atoms with E-state index in [0.29, 0.717) is 0 Å². The molecule has 0 spiro atoms. The first-order valence-electron chi connectivity index (χ1n) is 3.86. The minimum Gasteiger partial charge on any atom is -0.179 e. The van der Waals surface area contributed by atoms with Gasteiger partial charge in [0.25, 0.3) is 0 Å². The van der Waals surface area contributed by atoms with Gasteiger partial charge in [0.1, 0.15) is 0 Å². The van der Waals surface area contributed by atoms with E-state index < -0.39 is 0 Å². The van der Waals surface area contributed by atoms with Gasteiger partial charge in [0.05, 0.1) is 0 Å². The highest BCUT2D eigenvalue weighted by Crippen LogP contribution is 2.11. The lowest BCUT2D eigenvalue weighted by Crippen LogP contribution is -1.71. The average molecular weight is 199 g/mol. The molecule has 1 rings (SSSR count). The van der Waals surface area contributed by atoms with Gasteiger partial charge in [0, 0.05) is 5.02 Å². The van der Waals surface area contributed by atoms with Crippen molar-refractivity contribution in [2.45, 2.75) is 6.42 Å². The van der Waals surface area contributed by atoms with E-state index in [4.69, 9.17) is 11.6 Å². The van der Waals surface area contributed by atoms with Crippen LogP contribution in [0.25, 0.3) is 6.08 Å². The van der Waals surface area contributed by atoms with Crippen molar-refractivity contribution in [1.82, 2.24) is 0 Å². The molecule has 0 atom stereocenters. The molecule has 1 aromatic rings. The molecule has 0 saturated heterocycles. The van der Waals surface area contributed by atoms with Gasteiger partial charge in [-0.05, 0) is 29.9 Å². The maximum atomic E-state index is 5.81. The van der Waals surface area contributed by atoms with Gasteiger partial charge < -0.3 is 0 Å². The third-order valence-electron chi connectivity index (χ3n) is 1.45. The van der Waals surface area contributed by atoms with Gasteiger partial charge in [0.2, 0.25) is 0 Å². The molecule has 0 bridgehead atoms. The van der Waals surface area contributed by atoms with Crippen molar-refractivity contribution in [3.05, 3.63) is 40.9 Å². The van der Waals surface area contributed by atoms with Gasteiger partial charge in [-0.2, -0.15) is 12.6 Å². The van der Waals surface area contributed by atoms with E-state index >= 15 is 0 Å². The summed E-state index contributed by atoms with van der Waals surface area (Å²) in [6.45, 7) is 0. The van der Waals surface area contributed by atoms with Crippen molar-refractivity contribution in [3.63, 3.8) is 0 Å². The van der Waals surface area contributed by atoms with Crippen molar-refractivity contribution in [2.24, 2.45) is 0 Å². The molecule has 0 aromatic heterocycles. The molecular formula is C10H11ClS. The van der Waals surface area contributed by atoms with E-state index in [2.05, 4.69) is 24.8 Å². The van der Waals surface area contributed by atoms with Crippen LogP contribution >= 0.6 is 24.2 Å². The largest absolute Gasteiger partial charge is 0.179 e. The van der Waals surface area contributed by atoms with Crippen LogP contribution in [0.4, 0.5) is 0 Å². The van der Waals surface area contributed by atoms with Crippen LogP contribution in [-0.2, 0) is 0 Å². The van der Waals surface area contributed by atoms with Gasteiger partial charge in [-0.3, -0.25) is 0 Å². The molecular weight excluding hydrogens is 188 g/mol.